The second-order valence-corrected chi connectivity index (χ2v) is 3.78. The first-order chi connectivity index (χ1) is 7.58. The topological polar surface area (TPSA) is 35.5 Å². The van der Waals surface area contributed by atoms with Crippen LogP contribution in [0.15, 0.2) is 12.1 Å². The van der Waals surface area contributed by atoms with Crippen molar-refractivity contribution >= 4 is 5.97 Å². The molecule has 0 aromatic heterocycles. The lowest BCUT2D eigenvalue weighted by Crippen LogP contribution is -2.03. The molecule has 0 aliphatic carbocycles. The van der Waals surface area contributed by atoms with Gasteiger partial charge in [0.1, 0.15) is 12.4 Å². The average molecular weight is 222 g/mol. The first kappa shape index (κ1) is 12.6. The maximum atomic E-state index is 11.0. The maximum Gasteiger partial charge on any atom is 0.305 e. The molecule has 0 atom stereocenters. The van der Waals surface area contributed by atoms with Gasteiger partial charge in [0.15, 0.2) is 0 Å². The van der Waals surface area contributed by atoms with Crippen molar-refractivity contribution in [1.29, 1.82) is 0 Å². The molecular formula is C13H18O3. The number of carbonyl (C=O) groups is 1. The maximum absolute atomic E-state index is 11.0. The molecule has 0 spiro atoms. The van der Waals surface area contributed by atoms with Crippen LogP contribution < -0.4 is 4.74 Å². The van der Waals surface area contributed by atoms with Crippen LogP contribution in [0.2, 0.25) is 0 Å². The summed E-state index contributed by atoms with van der Waals surface area (Å²) in [6.45, 7) is 6.08. The molecule has 0 radical (unpaired) electrons. The Hall–Kier alpha value is -1.51. The van der Waals surface area contributed by atoms with E-state index in [1.807, 2.05) is 26.0 Å². The van der Waals surface area contributed by atoms with Crippen molar-refractivity contribution < 1.29 is 14.3 Å². The summed E-state index contributed by atoms with van der Waals surface area (Å²) in [5.41, 5.74) is 3.12. The van der Waals surface area contributed by atoms with E-state index in [0.29, 0.717) is 13.0 Å². The summed E-state index contributed by atoms with van der Waals surface area (Å²) in [6, 6.07) is 3.96. The lowest BCUT2D eigenvalue weighted by Gasteiger charge is -2.11. The highest BCUT2D eigenvalue weighted by atomic mass is 16.5. The zero-order chi connectivity index (χ0) is 12.1. The molecule has 88 valence electrons. The molecule has 3 heteroatoms. The number of ether oxygens (including phenoxy) is 2. The number of rotatable bonds is 4. The molecule has 0 saturated heterocycles. The number of esters is 1. The fraction of sp³-hybridized carbons (Fsp3) is 0.462. The number of carbonyl (C=O) groups excluding carboxylic acids is 1. The molecule has 0 N–H and O–H groups in total. The largest absolute Gasteiger partial charge is 0.496 e. The molecule has 0 bridgehead atoms. The molecular weight excluding hydrogens is 204 g/mol. The molecule has 0 heterocycles. The van der Waals surface area contributed by atoms with Crippen LogP contribution in [0.4, 0.5) is 0 Å². The van der Waals surface area contributed by atoms with Gasteiger partial charge in [-0.05, 0) is 42.7 Å². The summed E-state index contributed by atoms with van der Waals surface area (Å²) in [5.74, 6) is 0.719. The molecule has 1 rings (SSSR count). The number of hydrogen-bond donors (Lipinski definition) is 0. The Bertz CT molecular complexity index is 360. The molecule has 16 heavy (non-hydrogen) atoms. The monoisotopic (exact) mass is 222 g/mol. The summed E-state index contributed by atoms with van der Waals surface area (Å²) in [6.07, 6.45) is 0.411. The molecule has 0 unspecified atom stereocenters. The number of aryl methyl sites for hydroxylation is 2. The van der Waals surface area contributed by atoms with Gasteiger partial charge in [0.05, 0.1) is 7.11 Å². The van der Waals surface area contributed by atoms with Gasteiger partial charge < -0.3 is 9.47 Å². The Labute approximate surface area is 96.4 Å². The van der Waals surface area contributed by atoms with Gasteiger partial charge in [0.2, 0.25) is 0 Å². The van der Waals surface area contributed by atoms with Gasteiger partial charge >= 0.3 is 5.97 Å². The van der Waals surface area contributed by atoms with Crippen molar-refractivity contribution in [1.82, 2.24) is 0 Å². The van der Waals surface area contributed by atoms with E-state index in [1.165, 1.54) is 0 Å². The minimum atomic E-state index is -0.175. The highest BCUT2D eigenvalue weighted by molar-refractivity contribution is 5.68. The summed E-state index contributed by atoms with van der Waals surface area (Å²) in [5, 5.41) is 0. The number of methoxy groups -OCH3 is 1. The van der Waals surface area contributed by atoms with Gasteiger partial charge in [-0.3, -0.25) is 4.79 Å². The van der Waals surface area contributed by atoms with Crippen molar-refractivity contribution in [3.8, 4) is 5.75 Å². The fourth-order valence-corrected chi connectivity index (χ4v) is 1.71. The second-order valence-electron chi connectivity index (χ2n) is 3.78. The second kappa shape index (κ2) is 5.54. The van der Waals surface area contributed by atoms with E-state index >= 15 is 0 Å². The Morgan fingerprint density at radius 2 is 1.81 bits per heavy atom. The molecule has 3 nitrogen and oxygen atoms in total. The zero-order valence-electron chi connectivity index (χ0n) is 10.3. The van der Waals surface area contributed by atoms with Crippen LogP contribution in [0.5, 0.6) is 5.75 Å². The van der Waals surface area contributed by atoms with E-state index in [-0.39, 0.29) is 5.97 Å². The summed E-state index contributed by atoms with van der Waals surface area (Å²) in [7, 11) is 1.66. The Kier molecular flexibility index (Phi) is 4.35. The van der Waals surface area contributed by atoms with Gasteiger partial charge in [-0.1, -0.05) is 6.92 Å². The zero-order valence-corrected chi connectivity index (χ0v) is 10.3. The van der Waals surface area contributed by atoms with Gasteiger partial charge in [-0.25, -0.2) is 0 Å². The highest BCUT2D eigenvalue weighted by Gasteiger charge is 2.06. The SMILES string of the molecule is CCC(=O)OCc1cc(C)c(OC)c(C)c1. The summed E-state index contributed by atoms with van der Waals surface area (Å²) in [4.78, 5) is 11.0. The van der Waals surface area contributed by atoms with Crippen LogP contribution in [-0.2, 0) is 16.1 Å². The van der Waals surface area contributed by atoms with Gasteiger partial charge in [-0.15, -0.1) is 0 Å². The first-order valence-corrected chi connectivity index (χ1v) is 5.38. The smallest absolute Gasteiger partial charge is 0.305 e. The van der Waals surface area contributed by atoms with Gasteiger partial charge in [-0.2, -0.15) is 0 Å². The van der Waals surface area contributed by atoms with Crippen LogP contribution in [0.1, 0.15) is 30.0 Å². The van der Waals surface area contributed by atoms with Crippen molar-refractivity contribution in [2.24, 2.45) is 0 Å². The van der Waals surface area contributed by atoms with E-state index in [2.05, 4.69) is 0 Å². The van der Waals surface area contributed by atoms with E-state index in [1.54, 1.807) is 14.0 Å². The van der Waals surface area contributed by atoms with E-state index in [9.17, 15) is 4.79 Å². The van der Waals surface area contributed by atoms with Crippen molar-refractivity contribution in [2.75, 3.05) is 7.11 Å². The fourth-order valence-electron chi connectivity index (χ4n) is 1.71. The molecule has 1 aromatic rings. The Balaban J connectivity index is 2.79. The average Bonchev–Trinajstić information content (AvgIpc) is 2.25. The predicted octanol–water partition coefficient (Wildman–Crippen LogP) is 2.77. The predicted molar refractivity (Wildman–Crippen MR) is 62.6 cm³/mol. The van der Waals surface area contributed by atoms with E-state index in [0.717, 1.165) is 22.4 Å². The quantitative estimate of drug-likeness (QED) is 0.735. The Morgan fingerprint density at radius 1 is 1.25 bits per heavy atom. The third kappa shape index (κ3) is 2.99. The van der Waals surface area contributed by atoms with Crippen molar-refractivity contribution in [3.05, 3.63) is 28.8 Å². The molecule has 1 aromatic carbocycles. The van der Waals surface area contributed by atoms with E-state index in [4.69, 9.17) is 9.47 Å². The third-order valence-electron chi connectivity index (χ3n) is 2.41. The van der Waals surface area contributed by atoms with Crippen molar-refractivity contribution in [3.63, 3.8) is 0 Å². The summed E-state index contributed by atoms with van der Waals surface area (Å²) < 4.78 is 10.4. The highest BCUT2D eigenvalue weighted by Crippen LogP contribution is 2.24. The standard InChI is InChI=1S/C13H18O3/c1-5-12(14)16-8-11-6-9(2)13(15-4)10(3)7-11/h6-7H,5,8H2,1-4H3. The van der Waals surface area contributed by atoms with Crippen LogP contribution in [0, 0.1) is 13.8 Å². The lowest BCUT2D eigenvalue weighted by atomic mass is 10.1. The normalized spacial score (nSPS) is 10.0. The summed E-state index contributed by atoms with van der Waals surface area (Å²) >= 11 is 0. The minimum Gasteiger partial charge on any atom is -0.496 e. The molecule has 0 amide bonds. The van der Waals surface area contributed by atoms with E-state index < -0.39 is 0 Å². The Morgan fingerprint density at radius 3 is 2.25 bits per heavy atom. The molecule has 0 fully saturated rings. The molecule has 0 aliphatic rings. The van der Waals surface area contributed by atoms with Crippen LogP contribution >= 0.6 is 0 Å². The minimum absolute atomic E-state index is 0.175. The van der Waals surface area contributed by atoms with Gasteiger partial charge in [0.25, 0.3) is 0 Å². The number of hydrogen-bond acceptors (Lipinski definition) is 3. The van der Waals surface area contributed by atoms with Crippen molar-refractivity contribution in [2.45, 2.75) is 33.8 Å². The molecule has 0 aliphatic heterocycles. The number of benzene rings is 1. The molecule has 0 saturated carbocycles. The van der Waals surface area contributed by atoms with Crippen LogP contribution in [0.3, 0.4) is 0 Å². The van der Waals surface area contributed by atoms with Crippen LogP contribution in [0.25, 0.3) is 0 Å². The third-order valence-corrected chi connectivity index (χ3v) is 2.41. The lowest BCUT2D eigenvalue weighted by molar-refractivity contribution is -0.144. The van der Waals surface area contributed by atoms with Crippen LogP contribution in [-0.4, -0.2) is 13.1 Å². The van der Waals surface area contributed by atoms with Gasteiger partial charge in [0, 0.05) is 6.42 Å². The first-order valence-electron chi connectivity index (χ1n) is 5.38.